The maximum atomic E-state index is 5.35. The van der Waals surface area contributed by atoms with Crippen molar-refractivity contribution < 1.29 is 0 Å². The lowest BCUT2D eigenvalue weighted by molar-refractivity contribution is 0.387. The number of alkyl halides is 1. The largest absolute Gasteiger partial charge is 0.361 e. The van der Waals surface area contributed by atoms with Crippen molar-refractivity contribution in [2.24, 2.45) is 0 Å². The van der Waals surface area contributed by atoms with Crippen LogP contribution >= 0.6 is 36.4 Å². The van der Waals surface area contributed by atoms with Gasteiger partial charge in [0.25, 0.3) is 0 Å². The molecule has 9 heteroatoms. The first-order valence-electron chi connectivity index (χ1n) is 14.7. The zero-order valence-corrected chi connectivity index (χ0v) is 29.0. The van der Waals surface area contributed by atoms with Gasteiger partial charge in [0.2, 0.25) is 0 Å². The van der Waals surface area contributed by atoms with Crippen molar-refractivity contribution in [1.29, 1.82) is 0 Å². The van der Waals surface area contributed by atoms with Crippen LogP contribution in [0.5, 0.6) is 0 Å². The molecule has 0 atom stereocenters. The van der Waals surface area contributed by atoms with Crippen LogP contribution in [0.25, 0.3) is 21.8 Å². The zero-order valence-electron chi connectivity index (χ0n) is 26.6. The number of hydrogen-bond acceptors (Lipinski definition) is 4. The summed E-state index contributed by atoms with van der Waals surface area (Å²) in [5.74, 6) is 0.729. The number of aromatic nitrogens is 4. The average molecular weight is 668 g/mol. The second-order valence-corrected chi connectivity index (χ2v) is 11.5. The molecule has 0 aliphatic heterocycles. The van der Waals surface area contributed by atoms with Gasteiger partial charge in [0.15, 0.2) is 0 Å². The van der Waals surface area contributed by atoms with E-state index in [4.69, 9.17) is 11.6 Å². The van der Waals surface area contributed by atoms with Gasteiger partial charge in [-0.15, -0.1) is 36.4 Å². The second-order valence-electron chi connectivity index (χ2n) is 11.1. The first-order chi connectivity index (χ1) is 20.9. The number of H-pyrrole nitrogens is 1. The number of rotatable bonds is 9. The Hall–Kier alpha value is -3.39. The lowest BCUT2D eigenvalue weighted by Gasteiger charge is -2.10. The smallest absolute Gasteiger partial charge is 0.0514 e. The number of likely N-dealkylation sites (N-methyl/N-ethyl adjacent to an activating group) is 1. The molecule has 0 saturated carbocycles. The van der Waals surface area contributed by atoms with Crippen LogP contribution in [-0.2, 0) is 19.4 Å². The summed E-state index contributed by atoms with van der Waals surface area (Å²) in [5.41, 5.74) is 7.75. The topological polar surface area (TPSA) is 53.0 Å². The lowest BCUT2D eigenvalue weighted by Crippen LogP contribution is -2.17. The molecule has 0 spiro atoms. The van der Waals surface area contributed by atoms with Gasteiger partial charge in [0.1, 0.15) is 0 Å². The SMILES string of the molecule is CN(C)CCCl.CN(C)CCn1cc(Cc2ccccc2)c2cnccc21.Cl.Cl.c1ccc(Cc2c[nH]c3ccncc23)cc1. The van der Waals surface area contributed by atoms with Crippen LogP contribution in [-0.4, -0.2) is 76.5 Å². The standard InChI is InChI=1S/C18H21N3.C14H12N2.C4H10ClN.2ClH/c1-20(2)10-11-21-14-16(12-15-6-4-3-5-7-15)17-13-19-9-8-18(17)21;1-2-4-11(5-3-1)8-12-9-16-14-6-7-15-10-13(12)14;1-6(2)4-3-5;;/h3-9,13-14H,10-12H2,1-2H3;1-7,9-10,16H,8H2;3-4H2,1-2H3;2*1H. The van der Waals surface area contributed by atoms with E-state index < -0.39 is 0 Å². The van der Waals surface area contributed by atoms with Crippen LogP contribution in [0.4, 0.5) is 0 Å². The fraction of sp³-hybridized carbons (Fsp3) is 0.278. The van der Waals surface area contributed by atoms with Gasteiger partial charge in [-0.3, -0.25) is 9.97 Å². The van der Waals surface area contributed by atoms with Crippen molar-refractivity contribution in [2.75, 3.05) is 47.2 Å². The molecule has 6 rings (SSSR count). The molecule has 0 amide bonds. The van der Waals surface area contributed by atoms with Crippen LogP contribution in [0.3, 0.4) is 0 Å². The van der Waals surface area contributed by atoms with E-state index in [1.54, 1.807) is 0 Å². The predicted molar refractivity (Wildman–Crippen MR) is 197 cm³/mol. The summed E-state index contributed by atoms with van der Waals surface area (Å²) in [4.78, 5) is 16.0. The Bertz CT molecular complexity index is 1650. The third-order valence-corrected chi connectivity index (χ3v) is 7.30. The fourth-order valence-corrected chi connectivity index (χ4v) is 5.15. The predicted octanol–water partition coefficient (Wildman–Crippen LogP) is 7.97. The van der Waals surface area contributed by atoms with Crippen LogP contribution in [0, 0.1) is 0 Å². The molecule has 0 aliphatic rings. The summed E-state index contributed by atoms with van der Waals surface area (Å²) in [6.07, 6.45) is 13.8. The van der Waals surface area contributed by atoms with E-state index in [0.29, 0.717) is 0 Å². The number of pyridine rings is 2. The highest BCUT2D eigenvalue weighted by Crippen LogP contribution is 2.23. The minimum absolute atomic E-state index is 0. The Balaban J connectivity index is 0.000000262. The van der Waals surface area contributed by atoms with E-state index in [1.807, 2.05) is 55.9 Å². The molecule has 4 aromatic heterocycles. The van der Waals surface area contributed by atoms with E-state index in [2.05, 4.69) is 112 Å². The maximum Gasteiger partial charge on any atom is 0.0514 e. The highest BCUT2D eigenvalue weighted by atomic mass is 35.5. The first-order valence-corrected chi connectivity index (χ1v) is 15.2. The second kappa shape index (κ2) is 19.9. The highest BCUT2D eigenvalue weighted by Gasteiger charge is 2.09. The first kappa shape index (κ1) is 37.8. The molecule has 0 fully saturated rings. The maximum absolute atomic E-state index is 5.35. The normalized spacial score (nSPS) is 10.5. The molecule has 1 N–H and O–H groups in total. The van der Waals surface area contributed by atoms with E-state index >= 15 is 0 Å². The van der Waals surface area contributed by atoms with Crippen molar-refractivity contribution in [3.05, 3.63) is 132 Å². The molecular weight excluding hydrogens is 623 g/mol. The Labute approximate surface area is 285 Å². The van der Waals surface area contributed by atoms with Gasteiger partial charge < -0.3 is 19.4 Å². The summed E-state index contributed by atoms with van der Waals surface area (Å²) in [7, 11) is 8.22. The third kappa shape index (κ3) is 11.8. The number of benzene rings is 2. The van der Waals surface area contributed by atoms with Crippen molar-refractivity contribution in [1.82, 2.24) is 29.3 Å². The van der Waals surface area contributed by atoms with E-state index in [0.717, 1.165) is 43.9 Å². The van der Waals surface area contributed by atoms with Crippen molar-refractivity contribution in [3.63, 3.8) is 0 Å². The molecule has 6 aromatic rings. The van der Waals surface area contributed by atoms with E-state index in [1.165, 1.54) is 38.5 Å². The van der Waals surface area contributed by atoms with Crippen molar-refractivity contribution in [2.45, 2.75) is 19.4 Å². The Morgan fingerprint density at radius 3 is 1.80 bits per heavy atom. The van der Waals surface area contributed by atoms with E-state index in [-0.39, 0.29) is 24.8 Å². The Morgan fingerprint density at radius 2 is 1.24 bits per heavy atom. The van der Waals surface area contributed by atoms with Crippen LogP contribution < -0.4 is 0 Å². The monoisotopic (exact) mass is 666 g/mol. The van der Waals surface area contributed by atoms with Crippen LogP contribution in [0.15, 0.2) is 110 Å². The summed E-state index contributed by atoms with van der Waals surface area (Å²) >= 11 is 5.35. The minimum Gasteiger partial charge on any atom is -0.361 e. The van der Waals surface area contributed by atoms with Gasteiger partial charge in [-0.25, -0.2) is 0 Å². The zero-order chi connectivity index (χ0) is 30.4. The van der Waals surface area contributed by atoms with Gasteiger partial charge in [0.05, 0.1) is 5.52 Å². The van der Waals surface area contributed by atoms with Crippen molar-refractivity contribution in [3.8, 4) is 0 Å². The van der Waals surface area contributed by atoms with Gasteiger partial charge in [-0.1, -0.05) is 60.7 Å². The number of halogens is 3. The highest BCUT2D eigenvalue weighted by molar-refractivity contribution is 6.18. The van der Waals surface area contributed by atoms with E-state index in [9.17, 15) is 0 Å². The summed E-state index contributed by atoms with van der Waals surface area (Å²) in [6, 6.07) is 25.2. The average Bonchev–Trinajstić information content (AvgIpc) is 3.59. The van der Waals surface area contributed by atoms with Gasteiger partial charge in [-0.2, -0.15) is 0 Å². The van der Waals surface area contributed by atoms with Gasteiger partial charge in [-0.05, 0) is 75.4 Å². The molecule has 0 unspecified atom stereocenters. The van der Waals surface area contributed by atoms with Crippen LogP contribution in [0.2, 0.25) is 0 Å². The van der Waals surface area contributed by atoms with Gasteiger partial charge in [0, 0.05) is 79.0 Å². The molecule has 0 radical (unpaired) electrons. The molecular formula is C36H45Cl3N6. The van der Waals surface area contributed by atoms with Crippen molar-refractivity contribution >= 4 is 58.2 Å². The fourth-order valence-electron chi connectivity index (χ4n) is 4.81. The Kier molecular flexibility index (Phi) is 16.7. The third-order valence-electron chi connectivity index (χ3n) is 7.13. The minimum atomic E-state index is 0. The molecule has 0 bridgehead atoms. The van der Waals surface area contributed by atoms with Gasteiger partial charge >= 0.3 is 0 Å². The molecule has 4 heterocycles. The molecule has 45 heavy (non-hydrogen) atoms. The molecule has 2 aromatic carbocycles. The molecule has 6 nitrogen and oxygen atoms in total. The number of hydrogen-bond donors (Lipinski definition) is 1. The summed E-state index contributed by atoms with van der Waals surface area (Å²) < 4.78 is 2.34. The molecule has 240 valence electrons. The Morgan fingerprint density at radius 1 is 0.689 bits per heavy atom. The summed E-state index contributed by atoms with van der Waals surface area (Å²) in [6.45, 7) is 3.01. The number of aromatic amines is 1. The number of fused-ring (bicyclic) bond motifs is 2. The molecule has 0 aliphatic carbocycles. The quantitative estimate of drug-likeness (QED) is 0.159. The number of nitrogens with zero attached hydrogens (tertiary/aromatic N) is 5. The lowest BCUT2D eigenvalue weighted by atomic mass is 10.1. The summed E-state index contributed by atoms with van der Waals surface area (Å²) in [5, 5.41) is 2.48. The number of nitrogens with one attached hydrogen (secondary N) is 1. The van der Waals surface area contributed by atoms with Crippen LogP contribution in [0.1, 0.15) is 22.3 Å². The molecule has 0 saturated heterocycles.